The van der Waals surface area contributed by atoms with Crippen molar-refractivity contribution < 1.29 is 33.3 Å². The molecule has 5 heteroatoms. The fourth-order valence-corrected chi connectivity index (χ4v) is 2.70. The molecule has 1 rings (SSSR count). The van der Waals surface area contributed by atoms with E-state index in [2.05, 4.69) is 39.1 Å². The number of halogens is 1. The molecule has 0 amide bonds. The standard InChI is InChI=1S/C12H15NOS2.HI/c1-4-8-9(5-2)13(3)10(6-7-14)12(16)11(8)15;/h6,16H,4-5H2,1-3H3;1H. The van der Waals surface area contributed by atoms with Crippen molar-refractivity contribution in [2.45, 2.75) is 36.5 Å². The van der Waals surface area contributed by atoms with E-state index in [0.717, 1.165) is 28.3 Å². The van der Waals surface area contributed by atoms with E-state index in [1.54, 1.807) is 5.94 Å². The fraction of sp³-hybridized carbons (Fsp3) is 0.417. The van der Waals surface area contributed by atoms with Gasteiger partial charge in [-0.25, -0.2) is 4.79 Å². The minimum atomic E-state index is 0. The van der Waals surface area contributed by atoms with Gasteiger partial charge in [0.2, 0.25) is 5.69 Å². The van der Waals surface area contributed by atoms with Gasteiger partial charge in [-0.1, -0.05) is 13.8 Å². The zero-order valence-electron chi connectivity index (χ0n) is 10.1. The molecular weight excluding hydrogens is 365 g/mol. The fourth-order valence-electron chi connectivity index (χ4n) is 1.95. The molecular formula is C12H16INOS2. The molecule has 0 bridgehead atoms. The van der Waals surface area contributed by atoms with Crippen LogP contribution in [0.1, 0.15) is 30.8 Å². The zero-order valence-corrected chi connectivity index (χ0v) is 14.1. The van der Waals surface area contributed by atoms with Crippen molar-refractivity contribution in [3.63, 3.8) is 0 Å². The number of nitrogens with zero attached hydrogens (tertiary/aromatic N) is 1. The average Bonchev–Trinajstić information content (AvgIpc) is 2.29. The molecule has 0 aliphatic carbocycles. The summed E-state index contributed by atoms with van der Waals surface area (Å²) in [7, 11) is 1.94. The molecule has 0 saturated carbocycles. The highest BCUT2D eigenvalue weighted by Gasteiger charge is 2.22. The minimum absolute atomic E-state index is 0. The molecule has 1 heterocycles. The van der Waals surface area contributed by atoms with E-state index in [1.807, 2.05) is 11.6 Å². The van der Waals surface area contributed by atoms with Gasteiger partial charge in [-0.05, 0) is 6.42 Å². The summed E-state index contributed by atoms with van der Waals surface area (Å²) in [5.74, 6) is 1.80. The first-order valence-corrected chi connectivity index (χ1v) is 6.14. The molecule has 0 aliphatic heterocycles. The van der Waals surface area contributed by atoms with Gasteiger partial charge in [-0.15, -0.1) is 25.3 Å². The van der Waals surface area contributed by atoms with Crippen molar-refractivity contribution in [1.29, 1.82) is 0 Å². The van der Waals surface area contributed by atoms with E-state index in [4.69, 9.17) is 0 Å². The molecule has 0 unspecified atom stereocenters. The van der Waals surface area contributed by atoms with Gasteiger partial charge in [0, 0.05) is 16.9 Å². The molecule has 1 aromatic rings. The van der Waals surface area contributed by atoms with E-state index in [0.29, 0.717) is 0 Å². The van der Waals surface area contributed by atoms with Crippen LogP contribution in [0.5, 0.6) is 0 Å². The summed E-state index contributed by atoms with van der Waals surface area (Å²) in [6, 6.07) is 0. The Morgan fingerprint density at radius 1 is 1.24 bits per heavy atom. The number of hydrogen-bond donors (Lipinski definition) is 2. The Kier molecular flexibility index (Phi) is 7.47. The SMILES string of the molecule is CCc1c(S)c(S)c(C=C=O)[n+](C)c1CC.[I-]. The summed E-state index contributed by atoms with van der Waals surface area (Å²) in [5.41, 5.74) is 3.14. The zero-order chi connectivity index (χ0) is 12.3. The predicted molar refractivity (Wildman–Crippen MR) is 71.0 cm³/mol. The van der Waals surface area contributed by atoms with Gasteiger partial charge in [0.1, 0.15) is 13.0 Å². The summed E-state index contributed by atoms with van der Waals surface area (Å²) < 4.78 is 1.99. The lowest BCUT2D eigenvalue weighted by Gasteiger charge is -2.11. The number of aromatic nitrogens is 1. The monoisotopic (exact) mass is 381 g/mol. The van der Waals surface area contributed by atoms with Crippen LogP contribution in [0.15, 0.2) is 9.79 Å². The maximum atomic E-state index is 10.5. The van der Waals surface area contributed by atoms with Crippen molar-refractivity contribution in [3.8, 4) is 0 Å². The third kappa shape index (κ3) is 3.28. The summed E-state index contributed by atoms with van der Waals surface area (Å²) in [6.45, 7) is 4.19. The van der Waals surface area contributed by atoms with Crippen molar-refractivity contribution in [2.24, 2.45) is 7.05 Å². The summed E-state index contributed by atoms with van der Waals surface area (Å²) in [4.78, 5) is 12.1. The van der Waals surface area contributed by atoms with Crippen LogP contribution in [0, 0.1) is 0 Å². The molecule has 0 aliphatic rings. The predicted octanol–water partition coefficient (Wildman–Crippen LogP) is -0.938. The smallest absolute Gasteiger partial charge is 0.230 e. The Balaban J connectivity index is 0.00000256. The topological polar surface area (TPSA) is 20.9 Å². The Labute approximate surface area is 130 Å². The van der Waals surface area contributed by atoms with Crippen molar-refractivity contribution in [1.82, 2.24) is 0 Å². The Bertz CT molecular complexity index is 468. The van der Waals surface area contributed by atoms with Crippen LogP contribution in [-0.2, 0) is 24.7 Å². The number of thiol groups is 2. The minimum Gasteiger partial charge on any atom is -1.00 e. The lowest BCUT2D eigenvalue weighted by Crippen LogP contribution is -3.00. The second kappa shape index (κ2) is 7.46. The molecule has 0 aromatic carbocycles. The van der Waals surface area contributed by atoms with E-state index >= 15 is 0 Å². The highest BCUT2D eigenvalue weighted by atomic mass is 127. The van der Waals surface area contributed by atoms with Gasteiger partial charge in [-0.3, -0.25) is 0 Å². The van der Waals surface area contributed by atoms with E-state index < -0.39 is 0 Å². The first kappa shape index (κ1) is 17.0. The number of carbonyl (C=O) groups excluding carboxylic acids is 1. The van der Waals surface area contributed by atoms with E-state index in [9.17, 15) is 4.79 Å². The van der Waals surface area contributed by atoms with Crippen LogP contribution in [-0.4, -0.2) is 5.94 Å². The van der Waals surface area contributed by atoms with Crippen LogP contribution in [0.25, 0.3) is 6.08 Å². The molecule has 0 spiro atoms. The third-order valence-electron chi connectivity index (χ3n) is 2.75. The molecule has 94 valence electrons. The van der Waals surface area contributed by atoms with Gasteiger partial charge in [0.05, 0.1) is 11.0 Å². The molecule has 0 atom stereocenters. The van der Waals surface area contributed by atoms with Crippen LogP contribution >= 0.6 is 25.3 Å². The van der Waals surface area contributed by atoms with Crippen LogP contribution in [0.4, 0.5) is 0 Å². The third-order valence-corrected chi connectivity index (χ3v) is 3.87. The maximum absolute atomic E-state index is 10.5. The van der Waals surface area contributed by atoms with Gasteiger partial charge < -0.3 is 24.0 Å². The molecule has 0 radical (unpaired) electrons. The van der Waals surface area contributed by atoms with E-state index in [1.165, 1.54) is 17.3 Å². The second-order valence-electron chi connectivity index (χ2n) is 3.54. The molecule has 2 nitrogen and oxygen atoms in total. The summed E-state index contributed by atoms with van der Waals surface area (Å²) in [6.07, 6.45) is 3.22. The molecule has 17 heavy (non-hydrogen) atoms. The first-order chi connectivity index (χ1) is 7.58. The van der Waals surface area contributed by atoms with Gasteiger partial charge in [0.25, 0.3) is 0 Å². The summed E-state index contributed by atoms with van der Waals surface area (Å²) >= 11 is 8.90. The Morgan fingerprint density at radius 3 is 2.24 bits per heavy atom. The summed E-state index contributed by atoms with van der Waals surface area (Å²) in [5, 5.41) is 0. The average molecular weight is 381 g/mol. The van der Waals surface area contributed by atoms with Crippen LogP contribution in [0.3, 0.4) is 0 Å². The Hall–Kier alpha value is 0.0300. The van der Waals surface area contributed by atoms with Gasteiger partial charge in [0.15, 0.2) is 5.69 Å². The maximum Gasteiger partial charge on any atom is 0.230 e. The highest BCUT2D eigenvalue weighted by molar-refractivity contribution is 7.83. The van der Waals surface area contributed by atoms with E-state index in [-0.39, 0.29) is 24.0 Å². The normalized spacial score (nSPS) is 9.47. The molecule has 1 aromatic heterocycles. The molecule has 0 saturated heterocycles. The van der Waals surface area contributed by atoms with Crippen molar-refractivity contribution >= 4 is 37.3 Å². The quantitative estimate of drug-likeness (QED) is 0.300. The number of pyridine rings is 1. The molecule has 0 N–H and O–H groups in total. The van der Waals surface area contributed by atoms with Crippen LogP contribution in [0.2, 0.25) is 0 Å². The second-order valence-corrected chi connectivity index (χ2v) is 4.43. The first-order valence-electron chi connectivity index (χ1n) is 5.24. The number of hydrogen-bond acceptors (Lipinski definition) is 3. The van der Waals surface area contributed by atoms with Crippen molar-refractivity contribution in [2.75, 3.05) is 0 Å². The lowest BCUT2D eigenvalue weighted by atomic mass is 10.1. The van der Waals surface area contributed by atoms with Gasteiger partial charge in [-0.2, -0.15) is 4.57 Å². The Morgan fingerprint density at radius 2 is 1.82 bits per heavy atom. The largest absolute Gasteiger partial charge is 1.00 e. The van der Waals surface area contributed by atoms with Crippen LogP contribution < -0.4 is 28.5 Å². The van der Waals surface area contributed by atoms with Crippen molar-refractivity contribution in [3.05, 3.63) is 17.0 Å². The lowest BCUT2D eigenvalue weighted by molar-refractivity contribution is -0.683. The number of rotatable bonds is 3. The molecule has 0 fully saturated rings. The van der Waals surface area contributed by atoms with Gasteiger partial charge >= 0.3 is 0 Å². The highest BCUT2D eigenvalue weighted by Crippen LogP contribution is 2.27.